The summed E-state index contributed by atoms with van der Waals surface area (Å²) in [5, 5.41) is 0. The second-order valence-electron chi connectivity index (χ2n) is 6.62. The first-order chi connectivity index (χ1) is 11.2. The molecule has 1 aromatic carbocycles. The van der Waals surface area contributed by atoms with Crippen molar-refractivity contribution < 1.29 is 9.53 Å². The molecule has 0 fully saturated rings. The number of carbonyl (C=O) groups is 1. The number of rotatable bonds is 4. The van der Waals surface area contributed by atoms with Gasteiger partial charge in [0.05, 0.1) is 6.61 Å². The van der Waals surface area contributed by atoms with Crippen LogP contribution in [0.15, 0.2) is 29.3 Å². The van der Waals surface area contributed by atoms with Crippen LogP contribution in [0.25, 0.3) is 0 Å². The summed E-state index contributed by atoms with van der Waals surface area (Å²) in [6.45, 7) is 9.90. The first kappa shape index (κ1) is 19.3. The molecule has 2 rings (SSSR count). The highest BCUT2D eigenvalue weighted by atomic mass is 127. The fraction of sp³-hybridized carbons (Fsp3) is 0.444. The van der Waals surface area contributed by atoms with Crippen molar-refractivity contribution in [2.24, 2.45) is 4.99 Å². The summed E-state index contributed by atoms with van der Waals surface area (Å²) in [5.41, 5.74) is 1.78. The van der Waals surface area contributed by atoms with E-state index in [2.05, 4.69) is 59.8 Å². The molecule has 1 heterocycles. The van der Waals surface area contributed by atoms with Crippen molar-refractivity contribution in [1.29, 1.82) is 0 Å². The van der Waals surface area contributed by atoms with E-state index in [0.717, 1.165) is 14.1 Å². The van der Waals surface area contributed by atoms with Gasteiger partial charge < -0.3 is 9.30 Å². The lowest BCUT2D eigenvalue weighted by Gasteiger charge is -2.17. The third kappa shape index (κ3) is 4.55. The summed E-state index contributed by atoms with van der Waals surface area (Å²) in [6.07, 6.45) is 0. The molecule has 0 N–H and O–H groups in total. The predicted octanol–water partition coefficient (Wildman–Crippen LogP) is 4.15. The zero-order valence-electron chi connectivity index (χ0n) is 14.7. The van der Waals surface area contributed by atoms with E-state index in [9.17, 15) is 4.79 Å². The summed E-state index contributed by atoms with van der Waals surface area (Å²) >= 11 is 3.79. The van der Waals surface area contributed by atoms with Crippen LogP contribution in [0.2, 0.25) is 0 Å². The molecule has 0 saturated carbocycles. The molecule has 0 aliphatic heterocycles. The summed E-state index contributed by atoms with van der Waals surface area (Å²) in [4.78, 5) is 18.9. The van der Waals surface area contributed by atoms with Crippen molar-refractivity contribution in [3.05, 3.63) is 48.8 Å². The second-order valence-corrected chi connectivity index (χ2v) is 8.84. The minimum Gasteiger partial charge on any atom is -0.383 e. The number of methoxy groups -OCH3 is 1. The van der Waals surface area contributed by atoms with Crippen molar-refractivity contribution in [2.75, 3.05) is 13.7 Å². The van der Waals surface area contributed by atoms with Crippen molar-refractivity contribution in [1.82, 2.24) is 4.57 Å². The van der Waals surface area contributed by atoms with E-state index in [1.54, 1.807) is 24.5 Å². The van der Waals surface area contributed by atoms with E-state index in [0.29, 0.717) is 18.7 Å². The maximum absolute atomic E-state index is 12.6. The summed E-state index contributed by atoms with van der Waals surface area (Å²) in [5.74, 6) is -0.207. The number of amides is 1. The number of ether oxygens (including phenoxy) is 1. The second kappa shape index (κ2) is 7.93. The number of benzene rings is 1. The molecule has 1 amide bonds. The number of hydrogen-bond acceptors (Lipinski definition) is 3. The van der Waals surface area contributed by atoms with Crippen molar-refractivity contribution >= 4 is 39.8 Å². The van der Waals surface area contributed by atoms with Gasteiger partial charge in [-0.3, -0.25) is 4.79 Å². The number of halogens is 1. The maximum Gasteiger partial charge on any atom is 0.279 e. The first-order valence-electron chi connectivity index (χ1n) is 7.78. The standard InChI is InChI=1S/C18H23IN2O2S/c1-12-15(18(2,3)4)24-17(21(12)9-10-23-5)20-16(22)13-7-6-8-14(19)11-13/h6-8,11H,9-10H2,1-5H3. The van der Waals surface area contributed by atoms with Crippen molar-refractivity contribution in [3.63, 3.8) is 0 Å². The smallest absolute Gasteiger partial charge is 0.279 e. The average Bonchev–Trinajstić information content (AvgIpc) is 2.81. The fourth-order valence-electron chi connectivity index (χ4n) is 2.48. The number of aromatic nitrogens is 1. The van der Waals surface area contributed by atoms with Crippen LogP contribution in [0, 0.1) is 10.5 Å². The molecule has 0 aliphatic carbocycles. The van der Waals surface area contributed by atoms with Gasteiger partial charge in [-0.1, -0.05) is 26.8 Å². The molecule has 6 heteroatoms. The van der Waals surface area contributed by atoms with Gasteiger partial charge in [-0.2, -0.15) is 4.99 Å². The zero-order valence-corrected chi connectivity index (χ0v) is 17.7. The van der Waals surface area contributed by atoms with Gasteiger partial charge in [0, 0.05) is 33.4 Å². The molecule has 0 saturated heterocycles. The van der Waals surface area contributed by atoms with Crippen LogP contribution in [0.4, 0.5) is 0 Å². The quantitative estimate of drug-likeness (QED) is 0.647. The number of thiazole rings is 1. The van der Waals surface area contributed by atoms with Crippen LogP contribution in [-0.4, -0.2) is 24.2 Å². The molecule has 2 aromatic rings. The van der Waals surface area contributed by atoms with Gasteiger partial charge in [0.2, 0.25) is 0 Å². The third-order valence-corrected chi connectivity index (χ3v) is 5.90. The molecular formula is C18H23IN2O2S. The van der Waals surface area contributed by atoms with Crippen LogP contribution in [0.1, 0.15) is 41.7 Å². The Morgan fingerprint density at radius 3 is 2.67 bits per heavy atom. The summed E-state index contributed by atoms with van der Waals surface area (Å²) < 4.78 is 8.32. The van der Waals surface area contributed by atoms with E-state index in [1.165, 1.54) is 4.88 Å². The molecule has 1 aromatic heterocycles. The summed E-state index contributed by atoms with van der Waals surface area (Å²) in [6, 6.07) is 7.50. The normalized spacial score (nSPS) is 12.7. The molecule has 24 heavy (non-hydrogen) atoms. The van der Waals surface area contributed by atoms with E-state index >= 15 is 0 Å². The molecular weight excluding hydrogens is 435 g/mol. The Morgan fingerprint density at radius 1 is 1.38 bits per heavy atom. The van der Waals surface area contributed by atoms with Crippen LogP contribution < -0.4 is 4.80 Å². The average molecular weight is 458 g/mol. The van der Waals surface area contributed by atoms with Crippen LogP contribution in [0.5, 0.6) is 0 Å². The lowest BCUT2D eigenvalue weighted by molar-refractivity contribution is 0.0997. The predicted molar refractivity (Wildman–Crippen MR) is 107 cm³/mol. The Balaban J connectivity index is 2.53. The van der Waals surface area contributed by atoms with Crippen LogP contribution in [0.3, 0.4) is 0 Å². The Labute approximate surface area is 160 Å². The van der Waals surface area contributed by atoms with Crippen LogP contribution >= 0.6 is 33.9 Å². The van der Waals surface area contributed by atoms with Crippen molar-refractivity contribution in [2.45, 2.75) is 39.7 Å². The van der Waals surface area contributed by atoms with Gasteiger partial charge in [-0.05, 0) is 53.1 Å². The van der Waals surface area contributed by atoms with E-state index in [4.69, 9.17) is 4.74 Å². The van der Waals surface area contributed by atoms with Gasteiger partial charge in [-0.25, -0.2) is 0 Å². The molecule has 0 radical (unpaired) electrons. The molecule has 0 atom stereocenters. The fourth-order valence-corrected chi connectivity index (χ4v) is 4.24. The highest BCUT2D eigenvalue weighted by molar-refractivity contribution is 14.1. The van der Waals surface area contributed by atoms with Gasteiger partial charge >= 0.3 is 0 Å². The van der Waals surface area contributed by atoms with E-state index in [1.807, 2.05) is 18.2 Å². The minimum absolute atomic E-state index is 0.0164. The summed E-state index contributed by atoms with van der Waals surface area (Å²) in [7, 11) is 1.68. The molecule has 0 spiro atoms. The number of nitrogens with zero attached hydrogens (tertiary/aromatic N) is 2. The Bertz CT molecular complexity index is 800. The Kier molecular flexibility index (Phi) is 6.39. The van der Waals surface area contributed by atoms with Gasteiger partial charge in [0.15, 0.2) is 4.80 Å². The topological polar surface area (TPSA) is 43.6 Å². The minimum atomic E-state index is -0.207. The Hall–Kier alpha value is -0.990. The molecule has 0 aliphatic rings. The SMILES string of the molecule is COCCn1c(C)c(C(C)(C)C)sc1=NC(=O)c1cccc(I)c1. The molecule has 0 bridgehead atoms. The van der Waals surface area contributed by atoms with Gasteiger partial charge in [0.25, 0.3) is 5.91 Å². The van der Waals surface area contributed by atoms with E-state index in [-0.39, 0.29) is 11.3 Å². The molecule has 0 unspecified atom stereocenters. The van der Waals surface area contributed by atoms with Crippen LogP contribution in [-0.2, 0) is 16.7 Å². The largest absolute Gasteiger partial charge is 0.383 e. The van der Waals surface area contributed by atoms with Gasteiger partial charge in [0.1, 0.15) is 0 Å². The third-order valence-electron chi connectivity index (χ3n) is 3.63. The zero-order chi connectivity index (χ0) is 17.9. The highest BCUT2D eigenvalue weighted by Gasteiger charge is 2.22. The number of carbonyl (C=O) groups excluding carboxylic acids is 1. The molecule has 130 valence electrons. The highest BCUT2D eigenvalue weighted by Crippen LogP contribution is 2.28. The Morgan fingerprint density at radius 2 is 2.08 bits per heavy atom. The first-order valence-corrected chi connectivity index (χ1v) is 9.68. The number of hydrogen-bond donors (Lipinski definition) is 0. The van der Waals surface area contributed by atoms with Gasteiger partial charge in [-0.15, -0.1) is 11.3 Å². The molecule has 4 nitrogen and oxygen atoms in total. The maximum atomic E-state index is 12.6. The lowest BCUT2D eigenvalue weighted by Crippen LogP contribution is -2.21. The van der Waals surface area contributed by atoms with Crippen molar-refractivity contribution in [3.8, 4) is 0 Å². The lowest BCUT2D eigenvalue weighted by atomic mass is 9.93. The monoisotopic (exact) mass is 458 g/mol. The van der Waals surface area contributed by atoms with E-state index < -0.39 is 0 Å².